The van der Waals surface area contributed by atoms with E-state index in [-0.39, 0.29) is 38.3 Å². The molecule has 4 rings (SSSR count). The van der Waals surface area contributed by atoms with Gasteiger partial charge in [0.2, 0.25) is 11.8 Å². The van der Waals surface area contributed by atoms with Gasteiger partial charge in [-0.15, -0.1) is 8.57 Å². The molecule has 4 heterocycles. The van der Waals surface area contributed by atoms with Crippen LogP contribution < -0.4 is 21.7 Å². The van der Waals surface area contributed by atoms with Crippen molar-refractivity contribution in [3.05, 3.63) is 0 Å². The van der Waals surface area contributed by atoms with E-state index in [1.165, 1.54) is 6.92 Å². The number of piperidine rings is 2. The molecule has 4 bridgehead atoms. The average molecular weight is 659 g/mol. The highest BCUT2D eigenvalue weighted by atomic mass is 32.3. The molecule has 0 aromatic rings. The van der Waals surface area contributed by atoms with Crippen molar-refractivity contribution in [2.75, 3.05) is 13.1 Å². The average Bonchev–Trinajstić information content (AvgIpc) is 3.28. The zero-order valence-corrected chi connectivity index (χ0v) is 24.3. The van der Waals surface area contributed by atoms with Gasteiger partial charge in [0.25, 0.3) is 11.8 Å². The zero-order valence-electron chi connectivity index (χ0n) is 22.7. The molecule has 4 fully saturated rings. The Hall–Kier alpha value is -3.84. The van der Waals surface area contributed by atoms with Gasteiger partial charge in [0.1, 0.15) is 12.1 Å². The maximum absolute atomic E-state index is 12.1. The molecule has 24 heteroatoms. The van der Waals surface area contributed by atoms with Crippen molar-refractivity contribution in [2.45, 2.75) is 70.1 Å². The summed E-state index contributed by atoms with van der Waals surface area (Å²) in [5.41, 5.74) is 8.67. The van der Waals surface area contributed by atoms with Gasteiger partial charge in [-0.3, -0.25) is 50.0 Å². The lowest BCUT2D eigenvalue weighted by atomic mass is 10.0. The molecular formula is C19H30N8O14S2. The molecule has 22 nitrogen and oxygen atoms in total. The number of amides is 8. The van der Waals surface area contributed by atoms with E-state index < -0.39 is 74.7 Å². The minimum atomic E-state index is -4.82. The van der Waals surface area contributed by atoms with Crippen LogP contribution in [-0.2, 0) is 48.5 Å². The normalized spacial score (nSPS) is 24.7. The fraction of sp³-hybridized carbons (Fsp3) is 0.684. The Morgan fingerprint density at radius 3 is 1.49 bits per heavy atom. The van der Waals surface area contributed by atoms with E-state index in [1.54, 1.807) is 6.92 Å². The first-order chi connectivity index (χ1) is 19.9. The van der Waals surface area contributed by atoms with Crippen LogP contribution in [0.5, 0.6) is 0 Å². The Kier molecular flexibility index (Phi) is 10.3. The fourth-order valence-corrected chi connectivity index (χ4v) is 5.52. The zero-order chi connectivity index (χ0) is 32.3. The van der Waals surface area contributed by atoms with Gasteiger partial charge in [0.15, 0.2) is 0 Å². The lowest BCUT2D eigenvalue weighted by Crippen LogP contribution is -2.54. The summed E-state index contributed by atoms with van der Waals surface area (Å²) in [6, 6.07) is -4.50. The number of hydrogen-bond acceptors (Lipinski definition) is 12. The molecule has 6 N–H and O–H groups in total. The third kappa shape index (κ3) is 8.60. The molecule has 0 aromatic carbocycles. The molecule has 0 saturated carbocycles. The largest absolute Gasteiger partial charge is 0.418 e. The van der Waals surface area contributed by atoms with Crippen LogP contribution in [0.4, 0.5) is 9.59 Å². The lowest BCUT2D eigenvalue weighted by molar-refractivity contribution is -0.131. The van der Waals surface area contributed by atoms with Crippen LogP contribution in [0.15, 0.2) is 0 Å². The SMILES string of the molecule is CC(=O)NNC(=O)[C@@H]1CC[C@@H]2CN1C(=O)N2OS(=O)(=O)O.CCC(=O)NNC(=O)[C@@H]1CC[C@@H]2CN1C(=O)N2OS(=O)(=O)O. The van der Waals surface area contributed by atoms with Crippen molar-refractivity contribution in [1.82, 2.24) is 41.6 Å². The quantitative estimate of drug-likeness (QED) is 0.115. The molecule has 0 radical (unpaired) electrons. The Balaban J connectivity index is 0.000000236. The molecule has 4 saturated heterocycles. The van der Waals surface area contributed by atoms with Crippen molar-refractivity contribution >= 4 is 56.5 Å². The standard InChI is InChI=1S/C10H16N4O7S.C9H14N4O7S/c1-2-8(15)11-12-9(16)7-4-3-6-5-13(7)10(17)14(6)21-22(18,19)20;1-5(14)10-11-8(15)7-3-2-6-4-12(7)9(16)13(6)20-21(17,18)19/h6-7H,2-5H2,1H3,(H,11,15)(H,12,16)(H,18,19,20);6-7H,2-4H2,1H3,(H,10,14)(H,11,15)(H,17,18,19)/t2*6-,7+/m11/s1. The number of nitrogens with one attached hydrogen (secondary N) is 4. The van der Waals surface area contributed by atoms with Gasteiger partial charge in [0.05, 0.1) is 12.1 Å². The second-order valence-corrected chi connectivity index (χ2v) is 11.6. The van der Waals surface area contributed by atoms with Gasteiger partial charge in [-0.2, -0.15) is 27.0 Å². The van der Waals surface area contributed by atoms with Gasteiger partial charge >= 0.3 is 32.9 Å². The molecule has 242 valence electrons. The van der Waals surface area contributed by atoms with Crippen molar-refractivity contribution in [3.8, 4) is 0 Å². The second kappa shape index (κ2) is 13.2. The summed E-state index contributed by atoms with van der Waals surface area (Å²) in [6.45, 7) is 3.00. The number of carbonyl (C=O) groups is 6. The number of nitrogens with zero attached hydrogens (tertiary/aromatic N) is 4. The number of fused-ring (bicyclic) bond motifs is 4. The minimum absolute atomic E-state index is 0.0898. The van der Waals surface area contributed by atoms with E-state index >= 15 is 0 Å². The molecule has 4 aliphatic rings. The fourth-order valence-electron chi connectivity index (χ4n) is 4.74. The van der Waals surface area contributed by atoms with Crippen LogP contribution in [0.2, 0.25) is 0 Å². The van der Waals surface area contributed by atoms with Crippen LogP contribution in [0.3, 0.4) is 0 Å². The lowest BCUT2D eigenvalue weighted by Gasteiger charge is -2.29. The third-order valence-corrected chi connectivity index (χ3v) is 7.31. The summed E-state index contributed by atoms with van der Waals surface area (Å²) in [4.78, 5) is 72.0. The van der Waals surface area contributed by atoms with Crippen LogP contribution in [0.1, 0.15) is 46.0 Å². The van der Waals surface area contributed by atoms with Gasteiger partial charge < -0.3 is 9.80 Å². The highest BCUT2D eigenvalue weighted by molar-refractivity contribution is 7.81. The molecule has 43 heavy (non-hydrogen) atoms. The van der Waals surface area contributed by atoms with E-state index in [9.17, 15) is 45.6 Å². The summed E-state index contributed by atoms with van der Waals surface area (Å²) < 4.78 is 68.7. The summed E-state index contributed by atoms with van der Waals surface area (Å²) in [5.74, 6) is -2.03. The minimum Gasteiger partial charge on any atom is -0.309 e. The van der Waals surface area contributed by atoms with E-state index in [4.69, 9.17) is 9.11 Å². The summed E-state index contributed by atoms with van der Waals surface area (Å²) in [5, 5.41) is 1.09. The highest BCUT2D eigenvalue weighted by Crippen LogP contribution is 2.31. The first-order valence-corrected chi connectivity index (χ1v) is 15.3. The highest BCUT2D eigenvalue weighted by Gasteiger charge is 2.50. The molecule has 0 spiro atoms. The Bertz CT molecular complexity index is 1370. The predicted molar refractivity (Wildman–Crippen MR) is 135 cm³/mol. The van der Waals surface area contributed by atoms with Gasteiger partial charge in [-0.05, 0) is 25.7 Å². The molecule has 0 aromatic heterocycles. The Morgan fingerprint density at radius 1 is 0.744 bits per heavy atom. The topological polar surface area (TPSA) is 291 Å². The van der Waals surface area contributed by atoms with Gasteiger partial charge in [-0.1, -0.05) is 6.92 Å². The molecule has 8 amide bonds. The van der Waals surface area contributed by atoms with Crippen molar-refractivity contribution in [1.29, 1.82) is 0 Å². The van der Waals surface area contributed by atoms with Crippen molar-refractivity contribution in [3.63, 3.8) is 0 Å². The van der Waals surface area contributed by atoms with Gasteiger partial charge in [0, 0.05) is 26.4 Å². The van der Waals surface area contributed by atoms with Gasteiger partial charge in [-0.25, -0.2) is 9.59 Å². The summed E-state index contributed by atoms with van der Waals surface area (Å²) in [6.07, 6.45) is 1.36. The smallest absolute Gasteiger partial charge is 0.309 e. The number of rotatable bonds is 7. The third-order valence-electron chi connectivity index (χ3n) is 6.61. The number of hydrazine groups is 2. The first-order valence-electron chi connectivity index (χ1n) is 12.6. The summed E-state index contributed by atoms with van der Waals surface area (Å²) >= 11 is 0. The van der Waals surface area contributed by atoms with Crippen molar-refractivity contribution < 1.29 is 63.3 Å². The van der Waals surface area contributed by atoms with Crippen molar-refractivity contribution in [2.24, 2.45) is 0 Å². The number of carbonyl (C=O) groups excluding carboxylic acids is 6. The maximum Gasteiger partial charge on any atom is 0.418 e. The molecule has 4 atom stereocenters. The van der Waals surface area contributed by atoms with Crippen LogP contribution in [-0.4, -0.2) is 119 Å². The molecule has 0 unspecified atom stereocenters. The van der Waals surface area contributed by atoms with E-state index in [0.717, 1.165) is 9.80 Å². The monoisotopic (exact) mass is 658 g/mol. The van der Waals surface area contributed by atoms with E-state index in [1.807, 2.05) is 0 Å². The Morgan fingerprint density at radius 2 is 1.14 bits per heavy atom. The number of hydroxylamine groups is 4. The van der Waals surface area contributed by atoms with Crippen LogP contribution in [0, 0.1) is 0 Å². The molecular weight excluding hydrogens is 628 g/mol. The second-order valence-electron chi connectivity index (χ2n) is 9.58. The van der Waals surface area contributed by atoms with E-state index in [0.29, 0.717) is 23.0 Å². The molecule has 0 aliphatic carbocycles. The van der Waals surface area contributed by atoms with E-state index in [2.05, 4.69) is 30.3 Å². The first kappa shape index (κ1) is 33.7. The predicted octanol–water partition coefficient (Wildman–Crippen LogP) is -3.30. The molecule has 4 aliphatic heterocycles. The summed E-state index contributed by atoms with van der Waals surface area (Å²) in [7, 11) is -9.64. The Labute approximate surface area is 244 Å². The number of hydrogen-bond donors (Lipinski definition) is 6. The number of urea groups is 2. The van der Waals surface area contributed by atoms with Crippen LogP contribution >= 0.6 is 0 Å². The van der Waals surface area contributed by atoms with Crippen LogP contribution in [0.25, 0.3) is 0 Å². The maximum atomic E-state index is 12.1.